The average molecular weight is 126 g/mol. The van der Waals surface area contributed by atoms with E-state index in [-0.39, 0.29) is 0 Å². The van der Waals surface area contributed by atoms with Gasteiger partial charge in [-0.1, -0.05) is 38.5 Å². The Morgan fingerprint density at radius 2 is 0.778 bits per heavy atom. The predicted octanol–water partition coefficient (Wildman–Crippen LogP) is 3.21. The van der Waals surface area contributed by atoms with Gasteiger partial charge in [0.1, 0.15) is 0 Å². The maximum Gasteiger partial charge on any atom is -0.0533 e. The Morgan fingerprint density at radius 3 is 0.889 bits per heavy atom. The molecule has 1 aliphatic carbocycles. The number of nitrogens with zero attached hydrogens (tertiary/aromatic N) is 3. The summed E-state index contributed by atoms with van der Waals surface area (Å²) in [6.45, 7) is 0. The molecule has 0 spiro atoms. The highest BCUT2D eigenvalue weighted by Gasteiger charge is 1.95. The first kappa shape index (κ1) is 8.31. The van der Waals surface area contributed by atoms with E-state index >= 15 is 0 Å². The van der Waals surface area contributed by atoms with E-state index < -0.39 is 0 Å². The molecule has 1 rings (SSSR count). The highest BCUT2D eigenvalue weighted by atomic mass is 15.0. The third-order valence-corrected chi connectivity index (χ3v) is 1.50. The van der Waals surface area contributed by atoms with Gasteiger partial charge in [-0.15, -0.1) is 0 Å². The zero-order valence-corrected chi connectivity index (χ0v) is 5.58. The summed E-state index contributed by atoms with van der Waals surface area (Å²) in [5, 5.41) is 0. The molecule has 3 nitrogen and oxygen atoms in total. The summed E-state index contributed by atoms with van der Waals surface area (Å²) in [5.74, 6) is 0. The molecular weight excluding hydrogens is 114 g/mol. The summed E-state index contributed by atoms with van der Waals surface area (Å²) in [4.78, 5) is 1.50. The molecule has 0 atom stereocenters. The molecule has 0 aromatic rings. The molecule has 3 heteroatoms. The third-order valence-electron chi connectivity index (χ3n) is 1.50. The van der Waals surface area contributed by atoms with Gasteiger partial charge in [0.15, 0.2) is 0 Å². The lowest BCUT2D eigenvalue weighted by molar-refractivity contribution is 0.504. The Bertz CT molecular complexity index is 68.8. The number of rotatable bonds is 0. The summed E-state index contributed by atoms with van der Waals surface area (Å²) < 4.78 is 0. The maximum atomic E-state index is 6.75. The van der Waals surface area contributed by atoms with E-state index in [0.717, 1.165) is 0 Å². The van der Waals surface area contributed by atoms with E-state index in [2.05, 4.69) is 0 Å². The fourth-order valence-electron chi connectivity index (χ4n) is 1.06. The molecule has 0 amide bonds. The van der Waals surface area contributed by atoms with Crippen LogP contribution in [0.25, 0.3) is 16.0 Å². The summed E-state index contributed by atoms with van der Waals surface area (Å²) in [7, 11) is 0. The van der Waals surface area contributed by atoms with Crippen molar-refractivity contribution < 1.29 is 0 Å². The molecule has 0 unspecified atom stereocenters. The molecule has 9 heavy (non-hydrogen) atoms. The lowest BCUT2D eigenvalue weighted by Gasteiger charge is -2.05. The van der Waals surface area contributed by atoms with Crippen LogP contribution in [0.15, 0.2) is 0 Å². The van der Waals surface area contributed by atoms with Crippen LogP contribution in [0.4, 0.5) is 0 Å². The van der Waals surface area contributed by atoms with Crippen LogP contribution >= 0.6 is 0 Å². The second-order valence-electron chi connectivity index (χ2n) is 2.21. The molecule has 0 saturated heterocycles. The zero-order chi connectivity index (χ0) is 6.95. The van der Waals surface area contributed by atoms with E-state index in [1.165, 1.54) is 43.4 Å². The smallest absolute Gasteiger partial charge is 0.0533 e. The quantitative estimate of drug-likeness (QED) is 0.272. The zero-order valence-electron chi connectivity index (χ0n) is 5.58. The molecule has 1 aliphatic rings. The van der Waals surface area contributed by atoms with Gasteiger partial charge < -0.3 is 11.1 Å². The van der Waals surface area contributed by atoms with Crippen LogP contribution in [0.3, 0.4) is 0 Å². The van der Waals surface area contributed by atoms with Crippen molar-refractivity contribution in [1.29, 1.82) is 0 Å². The van der Waals surface area contributed by atoms with Gasteiger partial charge in [-0.05, 0) is 0 Å². The number of hydrogen-bond acceptors (Lipinski definition) is 0. The summed E-state index contributed by atoms with van der Waals surface area (Å²) >= 11 is 0. The monoisotopic (exact) mass is 126 g/mol. The largest absolute Gasteiger partial charge is 0.373 e. The van der Waals surface area contributed by atoms with E-state index in [1.807, 2.05) is 0 Å². The SMILES string of the molecule is C1CCCCC1.[N-]=[N+]=[N-]. The van der Waals surface area contributed by atoms with E-state index in [1.54, 1.807) is 0 Å². The van der Waals surface area contributed by atoms with Crippen molar-refractivity contribution in [2.45, 2.75) is 38.5 Å². The second-order valence-corrected chi connectivity index (χ2v) is 2.21. The van der Waals surface area contributed by atoms with E-state index in [0.29, 0.717) is 0 Å². The molecular formula is C6H12N3-. The van der Waals surface area contributed by atoms with Crippen LogP contribution in [-0.4, -0.2) is 0 Å². The Balaban J connectivity index is 0.000000187. The Labute approximate surface area is 55.5 Å². The molecule has 0 radical (unpaired) electrons. The second kappa shape index (κ2) is 7.31. The minimum atomic E-state index is 1.50. The van der Waals surface area contributed by atoms with Gasteiger partial charge in [-0.2, -0.15) is 0 Å². The van der Waals surface area contributed by atoms with Gasteiger partial charge in [-0.3, -0.25) is 4.91 Å². The molecule has 0 heterocycles. The molecule has 0 aliphatic heterocycles. The summed E-state index contributed by atoms with van der Waals surface area (Å²) in [5.41, 5.74) is 13.5. The Kier molecular flexibility index (Phi) is 6.75. The van der Waals surface area contributed by atoms with Crippen molar-refractivity contribution in [3.05, 3.63) is 16.0 Å². The van der Waals surface area contributed by atoms with Crippen molar-refractivity contribution in [3.8, 4) is 0 Å². The molecule has 0 bridgehead atoms. The minimum absolute atomic E-state index is 1.50. The average Bonchev–Trinajstić information content (AvgIpc) is 1.93. The lowest BCUT2D eigenvalue weighted by Crippen LogP contribution is -1.85. The van der Waals surface area contributed by atoms with Gasteiger partial charge >= 0.3 is 0 Å². The summed E-state index contributed by atoms with van der Waals surface area (Å²) in [6, 6.07) is 0. The Hall–Kier alpha value is -0.690. The standard InChI is InChI=1S/C6H12.N3/c1-2-4-6-5-3-1;1-3-2/h1-6H2;/q;-1. The highest BCUT2D eigenvalue weighted by molar-refractivity contribution is 4.51. The molecule has 1 saturated carbocycles. The fraction of sp³-hybridized carbons (Fsp3) is 1.00. The fourth-order valence-corrected chi connectivity index (χ4v) is 1.06. The first-order valence-corrected chi connectivity index (χ1v) is 3.40. The van der Waals surface area contributed by atoms with Crippen LogP contribution < -0.4 is 0 Å². The van der Waals surface area contributed by atoms with Crippen molar-refractivity contribution in [1.82, 2.24) is 0 Å². The minimum Gasteiger partial charge on any atom is -0.373 e. The normalized spacial score (nSPS) is 16.9. The van der Waals surface area contributed by atoms with Crippen molar-refractivity contribution in [2.75, 3.05) is 0 Å². The van der Waals surface area contributed by atoms with E-state index in [4.69, 9.17) is 11.1 Å². The van der Waals surface area contributed by atoms with Gasteiger partial charge in [0, 0.05) is 0 Å². The van der Waals surface area contributed by atoms with Gasteiger partial charge in [0.2, 0.25) is 0 Å². The maximum absolute atomic E-state index is 6.75. The predicted molar refractivity (Wildman–Crippen MR) is 37.8 cm³/mol. The van der Waals surface area contributed by atoms with Crippen molar-refractivity contribution >= 4 is 0 Å². The van der Waals surface area contributed by atoms with E-state index in [9.17, 15) is 0 Å². The highest BCUT2D eigenvalue weighted by Crippen LogP contribution is 2.15. The molecule has 1 fully saturated rings. The molecule has 52 valence electrons. The van der Waals surface area contributed by atoms with Gasteiger partial charge in [-0.25, -0.2) is 0 Å². The molecule has 0 aromatic heterocycles. The van der Waals surface area contributed by atoms with Crippen molar-refractivity contribution in [3.63, 3.8) is 0 Å². The van der Waals surface area contributed by atoms with Gasteiger partial charge in [0.05, 0.1) is 0 Å². The van der Waals surface area contributed by atoms with Gasteiger partial charge in [0.25, 0.3) is 0 Å². The molecule has 0 aromatic carbocycles. The van der Waals surface area contributed by atoms with Crippen LogP contribution in [0.1, 0.15) is 38.5 Å². The number of hydrogen-bond donors (Lipinski definition) is 0. The van der Waals surface area contributed by atoms with Crippen LogP contribution in [0.2, 0.25) is 0 Å². The topological polar surface area (TPSA) is 58.7 Å². The first-order chi connectivity index (χ1) is 4.41. The van der Waals surface area contributed by atoms with Crippen LogP contribution in [0.5, 0.6) is 0 Å². The molecule has 0 N–H and O–H groups in total. The third kappa shape index (κ3) is 7.31. The lowest BCUT2D eigenvalue weighted by atomic mass is 10.0. The first-order valence-electron chi connectivity index (χ1n) is 3.40. The van der Waals surface area contributed by atoms with Crippen LogP contribution in [-0.2, 0) is 0 Å². The summed E-state index contributed by atoms with van der Waals surface area (Å²) in [6.07, 6.45) is 9.00. The van der Waals surface area contributed by atoms with Crippen LogP contribution in [0, 0.1) is 0 Å². The Morgan fingerprint density at radius 1 is 0.667 bits per heavy atom. The van der Waals surface area contributed by atoms with Crippen molar-refractivity contribution in [2.24, 2.45) is 0 Å².